The van der Waals surface area contributed by atoms with Crippen LogP contribution in [0.15, 0.2) is 12.2 Å². The number of nitrogens with zero attached hydrogens (tertiary/aromatic N) is 1. The Balaban J connectivity index is 2.48. The van der Waals surface area contributed by atoms with Gasteiger partial charge in [0.15, 0.2) is 0 Å². The highest BCUT2D eigenvalue weighted by molar-refractivity contribution is 4.90. The van der Waals surface area contributed by atoms with Gasteiger partial charge in [0.2, 0.25) is 6.04 Å². The molecular weight excluding hydrogens is 142 g/mol. The molecule has 1 rings (SSSR count). The highest BCUT2D eigenvalue weighted by atomic mass is 16.6. The van der Waals surface area contributed by atoms with Gasteiger partial charge in [-0.15, -0.1) is 0 Å². The van der Waals surface area contributed by atoms with Gasteiger partial charge >= 0.3 is 0 Å². The van der Waals surface area contributed by atoms with Crippen molar-refractivity contribution in [3.05, 3.63) is 22.3 Å². The largest absolute Gasteiger partial charge is 0.264 e. The van der Waals surface area contributed by atoms with E-state index >= 15 is 0 Å². The highest BCUT2D eigenvalue weighted by Crippen LogP contribution is 2.13. The minimum absolute atomic E-state index is 0.193. The molecule has 0 aromatic rings. The van der Waals surface area contributed by atoms with Crippen LogP contribution in [-0.4, -0.2) is 11.0 Å². The third-order valence-electron chi connectivity index (χ3n) is 2.00. The van der Waals surface area contributed by atoms with E-state index in [0.717, 1.165) is 19.3 Å². The fourth-order valence-corrected chi connectivity index (χ4v) is 1.32. The summed E-state index contributed by atoms with van der Waals surface area (Å²) in [6.45, 7) is 0. The lowest BCUT2D eigenvalue weighted by atomic mass is 10.0. The third-order valence-corrected chi connectivity index (χ3v) is 2.00. The van der Waals surface area contributed by atoms with Crippen molar-refractivity contribution in [3.8, 4) is 0 Å². The molecular formula is C8H13NO2. The number of allylic oxidation sites excluding steroid dienone is 1. The second-order valence-electron chi connectivity index (χ2n) is 2.92. The molecule has 0 heterocycles. The summed E-state index contributed by atoms with van der Waals surface area (Å²) in [5.74, 6) is 0. The van der Waals surface area contributed by atoms with E-state index in [4.69, 9.17) is 0 Å². The van der Waals surface area contributed by atoms with Gasteiger partial charge in [0.05, 0.1) is 0 Å². The Morgan fingerprint density at radius 3 is 2.91 bits per heavy atom. The summed E-state index contributed by atoms with van der Waals surface area (Å²) < 4.78 is 0. The maximum absolute atomic E-state index is 10.4. The molecule has 0 saturated heterocycles. The normalized spacial score (nSPS) is 28.5. The van der Waals surface area contributed by atoms with Crippen LogP contribution in [0.5, 0.6) is 0 Å². The molecule has 1 aliphatic rings. The van der Waals surface area contributed by atoms with Crippen molar-refractivity contribution < 1.29 is 4.92 Å². The third kappa shape index (κ3) is 2.70. The molecule has 1 atom stereocenters. The zero-order chi connectivity index (χ0) is 8.10. The second-order valence-corrected chi connectivity index (χ2v) is 2.92. The van der Waals surface area contributed by atoms with Gasteiger partial charge in [0, 0.05) is 11.3 Å². The number of rotatable bonds is 1. The molecule has 1 unspecified atom stereocenters. The maximum atomic E-state index is 10.4. The summed E-state index contributed by atoms with van der Waals surface area (Å²) in [5.41, 5.74) is 0. The second kappa shape index (κ2) is 4.11. The Morgan fingerprint density at radius 1 is 1.36 bits per heavy atom. The van der Waals surface area contributed by atoms with E-state index < -0.39 is 6.04 Å². The van der Waals surface area contributed by atoms with Crippen molar-refractivity contribution >= 4 is 0 Å². The smallest absolute Gasteiger partial charge is 0.231 e. The first-order valence-corrected chi connectivity index (χ1v) is 4.11. The molecule has 0 spiro atoms. The lowest BCUT2D eigenvalue weighted by Crippen LogP contribution is -2.16. The zero-order valence-electron chi connectivity index (χ0n) is 6.53. The molecule has 0 bridgehead atoms. The van der Waals surface area contributed by atoms with E-state index in [2.05, 4.69) is 0 Å². The minimum atomic E-state index is -0.421. The van der Waals surface area contributed by atoms with Crippen molar-refractivity contribution in [3.63, 3.8) is 0 Å². The maximum Gasteiger partial charge on any atom is 0.231 e. The summed E-state index contributed by atoms with van der Waals surface area (Å²) >= 11 is 0. The fraction of sp³-hybridized carbons (Fsp3) is 0.750. The highest BCUT2D eigenvalue weighted by Gasteiger charge is 2.15. The van der Waals surface area contributed by atoms with Crippen LogP contribution in [-0.2, 0) is 0 Å². The van der Waals surface area contributed by atoms with Gasteiger partial charge in [-0.3, -0.25) is 10.1 Å². The Kier molecular flexibility index (Phi) is 3.08. The Morgan fingerprint density at radius 2 is 2.18 bits per heavy atom. The van der Waals surface area contributed by atoms with Gasteiger partial charge in [-0.1, -0.05) is 12.5 Å². The van der Waals surface area contributed by atoms with Gasteiger partial charge in [0.25, 0.3) is 0 Å². The van der Waals surface area contributed by atoms with Crippen molar-refractivity contribution in [2.24, 2.45) is 0 Å². The van der Waals surface area contributed by atoms with Crippen molar-refractivity contribution in [2.75, 3.05) is 0 Å². The Hall–Kier alpha value is -0.860. The van der Waals surface area contributed by atoms with E-state index in [1.807, 2.05) is 6.08 Å². The van der Waals surface area contributed by atoms with E-state index in [-0.39, 0.29) is 4.92 Å². The van der Waals surface area contributed by atoms with E-state index in [9.17, 15) is 10.1 Å². The van der Waals surface area contributed by atoms with Crippen LogP contribution in [0, 0.1) is 10.1 Å². The molecule has 0 amide bonds. The van der Waals surface area contributed by atoms with Crippen LogP contribution in [0.3, 0.4) is 0 Å². The lowest BCUT2D eigenvalue weighted by Gasteiger charge is -2.07. The lowest BCUT2D eigenvalue weighted by molar-refractivity contribution is -0.510. The van der Waals surface area contributed by atoms with Gasteiger partial charge < -0.3 is 0 Å². The van der Waals surface area contributed by atoms with Gasteiger partial charge in [-0.2, -0.15) is 0 Å². The topological polar surface area (TPSA) is 43.1 Å². The molecule has 3 heteroatoms. The van der Waals surface area contributed by atoms with Crippen molar-refractivity contribution in [1.82, 2.24) is 0 Å². The molecule has 0 radical (unpaired) electrons. The first kappa shape index (κ1) is 8.24. The number of hydrogen-bond acceptors (Lipinski definition) is 2. The molecule has 1 aliphatic carbocycles. The Labute approximate surface area is 66.3 Å². The molecule has 0 aliphatic heterocycles. The first-order chi connectivity index (χ1) is 5.30. The number of nitro groups is 1. The van der Waals surface area contributed by atoms with Crippen LogP contribution < -0.4 is 0 Å². The fourth-order valence-electron chi connectivity index (χ4n) is 1.32. The average molecular weight is 155 g/mol. The van der Waals surface area contributed by atoms with E-state index in [1.165, 1.54) is 6.42 Å². The van der Waals surface area contributed by atoms with Gasteiger partial charge in [-0.25, -0.2) is 0 Å². The Bertz CT molecular complexity index is 165. The summed E-state index contributed by atoms with van der Waals surface area (Å²) in [6, 6.07) is -0.421. The summed E-state index contributed by atoms with van der Waals surface area (Å²) in [7, 11) is 0. The van der Waals surface area contributed by atoms with Crippen molar-refractivity contribution in [2.45, 2.75) is 38.1 Å². The molecule has 11 heavy (non-hydrogen) atoms. The molecule has 0 N–H and O–H groups in total. The van der Waals surface area contributed by atoms with Gasteiger partial charge in [0.1, 0.15) is 0 Å². The summed E-state index contributed by atoms with van der Waals surface area (Å²) in [4.78, 5) is 10.2. The SMILES string of the molecule is O=[N+]([O-])C1/C=C\CCCCC1. The number of hydrogen-bond donors (Lipinski definition) is 0. The predicted octanol–water partition coefficient (Wildman–Crippen LogP) is 2.15. The summed E-state index contributed by atoms with van der Waals surface area (Å²) in [6.07, 6.45) is 8.70. The van der Waals surface area contributed by atoms with Gasteiger partial charge in [-0.05, 0) is 25.3 Å². The van der Waals surface area contributed by atoms with Crippen LogP contribution in [0.2, 0.25) is 0 Å². The molecule has 3 nitrogen and oxygen atoms in total. The molecule has 0 saturated carbocycles. The van der Waals surface area contributed by atoms with Crippen LogP contribution in [0.1, 0.15) is 32.1 Å². The molecule has 62 valence electrons. The standard InChI is InChI=1S/C8H13NO2/c10-9(11)8-6-4-2-1-3-5-7-8/h4,6,8H,1-3,5,7H2/b6-4-. The van der Waals surface area contributed by atoms with Crippen LogP contribution >= 0.6 is 0 Å². The average Bonchev–Trinajstić information content (AvgIpc) is 1.84. The summed E-state index contributed by atoms with van der Waals surface area (Å²) in [5, 5.41) is 10.4. The zero-order valence-corrected chi connectivity index (χ0v) is 6.53. The minimum Gasteiger partial charge on any atom is -0.264 e. The van der Waals surface area contributed by atoms with E-state index in [0.29, 0.717) is 6.42 Å². The molecule has 0 fully saturated rings. The van der Waals surface area contributed by atoms with E-state index in [1.54, 1.807) is 6.08 Å². The van der Waals surface area contributed by atoms with Crippen LogP contribution in [0.25, 0.3) is 0 Å². The first-order valence-electron chi connectivity index (χ1n) is 4.11. The predicted molar refractivity (Wildman–Crippen MR) is 43.0 cm³/mol. The molecule has 0 aromatic carbocycles. The monoisotopic (exact) mass is 155 g/mol. The molecule has 0 aromatic heterocycles. The van der Waals surface area contributed by atoms with Crippen LogP contribution in [0.4, 0.5) is 0 Å². The quantitative estimate of drug-likeness (QED) is 0.331. The van der Waals surface area contributed by atoms with Crippen molar-refractivity contribution in [1.29, 1.82) is 0 Å².